The standard InChI is InChI=1S/C29H30O/c1-19-15-25-27(30)26-16-20(2)22(4)18-29(26,24-13-9-6-10-14-24)28(25,17-21(19)3)23-11-7-5-8-12-23/h5-15,26H,16-18H2,1-4H3. The van der Waals surface area contributed by atoms with E-state index < -0.39 is 0 Å². The van der Waals surface area contributed by atoms with Crippen molar-refractivity contribution in [2.24, 2.45) is 5.92 Å². The van der Waals surface area contributed by atoms with Crippen LogP contribution in [0.2, 0.25) is 0 Å². The van der Waals surface area contributed by atoms with Gasteiger partial charge in [0.2, 0.25) is 0 Å². The highest BCUT2D eigenvalue weighted by Crippen LogP contribution is 2.68. The molecule has 3 atom stereocenters. The molecule has 1 nitrogen and oxygen atoms in total. The van der Waals surface area contributed by atoms with Crippen molar-refractivity contribution in [3.8, 4) is 0 Å². The summed E-state index contributed by atoms with van der Waals surface area (Å²) in [4.78, 5) is 14.1. The second-order valence-electron chi connectivity index (χ2n) is 9.67. The summed E-state index contributed by atoms with van der Waals surface area (Å²) in [6, 6.07) is 21.8. The topological polar surface area (TPSA) is 17.1 Å². The first-order valence-electron chi connectivity index (χ1n) is 11.1. The lowest BCUT2D eigenvalue weighted by atomic mass is 9.48. The third-order valence-electron chi connectivity index (χ3n) is 8.30. The van der Waals surface area contributed by atoms with Gasteiger partial charge in [-0.15, -0.1) is 0 Å². The van der Waals surface area contributed by atoms with Crippen molar-refractivity contribution in [1.82, 2.24) is 0 Å². The maximum absolute atomic E-state index is 14.1. The Kier molecular flexibility index (Phi) is 4.29. The number of benzene rings is 2. The van der Waals surface area contributed by atoms with Gasteiger partial charge in [0.1, 0.15) is 0 Å². The highest BCUT2D eigenvalue weighted by atomic mass is 16.1. The van der Waals surface area contributed by atoms with Crippen LogP contribution >= 0.6 is 0 Å². The second-order valence-corrected chi connectivity index (χ2v) is 9.67. The highest BCUT2D eigenvalue weighted by Gasteiger charge is 2.68. The van der Waals surface area contributed by atoms with Gasteiger partial charge in [-0.25, -0.2) is 0 Å². The van der Waals surface area contributed by atoms with Crippen molar-refractivity contribution in [1.29, 1.82) is 0 Å². The van der Waals surface area contributed by atoms with E-state index in [0.717, 1.165) is 24.8 Å². The molecule has 0 amide bonds. The van der Waals surface area contributed by atoms with Crippen LogP contribution in [-0.4, -0.2) is 5.78 Å². The number of allylic oxidation sites excluding steroid dienone is 6. The minimum absolute atomic E-state index is 0.00578. The Bertz CT molecular complexity index is 1120. The normalized spacial score (nSPS) is 30.9. The summed E-state index contributed by atoms with van der Waals surface area (Å²) in [6.45, 7) is 8.91. The van der Waals surface area contributed by atoms with Crippen molar-refractivity contribution in [2.75, 3.05) is 0 Å². The van der Waals surface area contributed by atoms with Gasteiger partial charge in [-0.1, -0.05) is 89.0 Å². The molecule has 30 heavy (non-hydrogen) atoms. The zero-order chi connectivity index (χ0) is 21.1. The monoisotopic (exact) mass is 394 g/mol. The van der Waals surface area contributed by atoms with E-state index in [-0.39, 0.29) is 16.7 Å². The molecular weight excluding hydrogens is 364 g/mol. The van der Waals surface area contributed by atoms with Gasteiger partial charge in [-0.05, 0) is 58.1 Å². The minimum Gasteiger partial charge on any atom is -0.294 e. The molecule has 1 heteroatoms. The number of carbonyl (C=O) groups excluding carboxylic acids is 1. The Balaban J connectivity index is 1.92. The molecule has 0 radical (unpaired) electrons. The molecule has 0 heterocycles. The van der Waals surface area contributed by atoms with E-state index in [1.54, 1.807) is 0 Å². The van der Waals surface area contributed by atoms with Gasteiger partial charge >= 0.3 is 0 Å². The Morgan fingerprint density at radius 3 is 1.97 bits per heavy atom. The van der Waals surface area contributed by atoms with E-state index in [0.29, 0.717) is 5.78 Å². The van der Waals surface area contributed by atoms with E-state index >= 15 is 0 Å². The van der Waals surface area contributed by atoms with Gasteiger partial charge < -0.3 is 0 Å². The van der Waals surface area contributed by atoms with Crippen molar-refractivity contribution in [2.45, 2.75) is 57.8 Å². The number of fused-ring (bicyclic) bond motifs is 3. The molecule has 0 spiro atoms. The average molecular weight is 395 g/mol. The van der Waals surface area contributed by atoms with Crippen LogP contribution in [0.3, 0.4) is 0 Å². The molecule has 0 aliphatic heterocycles. The third kappa shape index (κ3) is 2.32. The lowest BCUT2D eigenvalue weighted by Gasteiger charge is -2.53. The van der Waals surface area contributed by atoms with Crippen LogP contribution in [0, 0.1) is 5.92 Å². The fourth-order valence-electron chi connectivity index (χ4n) is 6.60. The molecule has 0 N–H and O–H groups in total. The molecule has 1 fully saturated rings. The lowest BCUT2D eigenvalue weighted by molar-refractivity contribution is -0.119. The van der Waals surface area contributed by atoms with Crippen LogP contribution in [0.25, 0.3) is 0 Å². The largest absolute Gasteiger partial charge is 0.294 e. The van der Waals surface area contributed by atoms with Gasteiger partial charge in [-0.3, -0.25) is 4.79 Å². The number of hydrogen-bond acceptors (Lipinski definition) is 1. The first kappa shape index (κ1) is 19.3. The maximum atomic E-state index is 14.1. The summed E-state index contributed by atoms with van der Waals surface area (Å²) in [7, 11) is 0. The lowest BCUT2D eigenvalue weighted by Crippen LogP contribution is -2.51. The van der Waals surface area contributed by atoms with Crippen molar-refractivity contribution < 1.29 is 4.79 Å². The number of ketones is 1. The predicted octanol–water partition coefficient (Wildman–Crippen LogP) is 6.86. The Morgan fingerprint density at radius 1 is 0.733 bits per heavy atom. The Morgan fingerprint density at radius 2 is 1.33 bits per heavy atom. The number of rotatable bonds is 2. The van der Waals surface area contributed by atoms with E-state index in [1.165, 1.54) is 33.4 Å². The molecule has 2 aromatic carbocycles. The molecule has 5 rings (SSSR count). The molecule has 3 aliphatic carbocycles. The number of carbonyl (C=O) groups is 1. The number of hydrogen-bond donors (Lipinski definition) is 0. The van der Waals surface area contributed by atoms with E-state index in [1.807, 2.05) is 0 Å². The Labute approximate surface area is 180 Å². The summed E-state index contributed by atoms with van der Waals surface area (Å²) in [5.41, 5.74) is 8.57. The molecule has 0 aromatic heterocycles. The van der Waals surface area contributed by atoms with Crippen LogP contribution in [0.15, 0.2) is 94.6 Å². The summed E-state index contributed by atoms with van der Waals surface area (Å²) in [5.74, 6) is 0.357. The smallest absolute Gasteiger partial charge is 0.164 e. The quantitative estimate of drug-likeness (QED) is 0.509. The van der Waals surface area contributed by atoms with Crippen molar-refractivity contribution >= 4 is 5.78 Å². The minimum atomic E-state index is -0.317. The van der Waals surface area contributed by atoms with E-state index in [9.17, 15) is 4.79 Å². The fraction of sp³-hybridized carbons (Fsp3) is 0.345. The van der Waals surface area contributed by atoms with Crippen LogP contribution in [-0.2, 0) is 15.6 Å². The van der Waals surface area contributed by atoms with E-state index in [2.05, 4.69) is 94.4 Å². The van der Waals surface area contributed by atoms with Crippen LogP contribution in [0.1, 0.15) is 58.1 Å². The van der Waals surface area contributed by atoms with Crippen molar-refractivity contribution in [3.63, 3.8) is 0 Å². The van der Waals surface area contributed by atoms with Gasteiger partial charge in [-0.2, -0.15) is 0 Å². The SMILES string of the molecule is CC1=C(C)CC2(c3ccccc3)C(=C1)C(=O)C1CC(C)=C(C)CC12c1ccccc1. The molecule has 152 valence electrons. The zero-order valence-electron chi connectivity index (χ0n) is 18.5. The molecule has 3 unspecified atom stereocenters. The van der Waals surface area contributed by atoms with E-state index in [4.69, 9.17) is 0 Å². The van der Waals surface area contributed by atoms with Gasteiger partial charge in [0.15, 0.2) is 5.78 Å². The zero-order valence-corrected chi connectivity index (χ0v) is 18.5. The van der Waals surface area contributed by atoms with Crippen molar-refractivity contribution in [3.05, 3.63) is 106 Å². The van der Waals surface area contributed by atoms with Crippen LogP contribution in [0.4, 0.5) is 0 Å². The Hall–Kier alpha value is -2.67. The first-order valence-corrected chi connectivity index (χ1v) is 11.1. The first-order chi connectivity index (χ1) is 14.4. The maximum Gasteiger partial charge on any atom is 0.164 e. The van der Waals surface area contributed by atoms with Gasteiger partial charge in [0.05, 0.1) is 0 Å². The summed E-state index contributed by atoms with van der Waals surface area (Å²) in [5, 5.41) is 0. The number of Topliss-reactive ketones (excluding diaryl/α,β-unsaturated/α-hetero) is 1. The molecule has 0 bridgehead atoms. The molecule has 1 saturated carbocycles. The third-order valence-corrected chi connectivity index (χ3v) is 8.30. The fourth-order valence-corrected chi connectivity index (χ4v) is 6.60. The predicted molar refractivity (Wildman–Crippen MR) is 123 cm³/mol. The molecule has 0 saturated heterocycles. The summed E-state index contributed by atoms with van der Waals surface area (Å²) >= 11 is 0. The average Bonchev–Trinajstić information content (AvgIpc) is 2.96. The van der Waals surface area contributed by atoms with Gasteiger partial charge in [0.25, 0.3) is 0 Å². The summed E-state index contributed by atoms with van der Waals surface area (Å²) in [6.07, 6.45) is 4.95. The van der Waals surface area contributed by atoms with Gasteiger partial charge in [0, 0.05) is 22.3 Å². The summed E-state index contributed by atoms with van der Waals surface area (Å²) < 4.78 is 0. The highest BCUT2D eigenvalue weighted by molar-refractivity contribution is 6.06. The van der Waals surface area contributed by atoms with Crippen LogP contribution < -0.4 is 0 Å². The molecule has 3 aliphatic rings. The second kappa shape index (κ2) is 6.67. The van der Waals surface area contributed by atoms with Crippen LogP contribution in [0.5, 0.6) is 0 Å². The molecule has 2 aromatic rings. The molecular formula is C29H30O.